The van der Waals surface area contributed by atoms with Crippen molar-refractivity contribution in [3.05, 3.63) is 108 Å². The molecule has 196 valence electrons. The van der Waals surface area contributed by atoms with Crippen LogP contribution in [-0.2, 0) is 43.6 Å². The zero-order valence-corrected chi connectivity index (χ0v) is 21.1. The first kappa shape index (κ1) is 27.0. The van der Waals surface area contributed by atoms with Crippen molar-refractivity contribution in [3.63, 3.8) is 0 Å². The Kier molecular flexibility index (Phi) is 10.2. The van der Waals surface area contributed by atoms with Crippen LogP contribution in [-0.4, -0.2) is 54.7 Å². The van der Waals surface area contributed by atoms with Gasteiger partial charge in [-0.05, 0) is 16.7 Å². The summed E-state index contributed by atoms with van der Waals surface area (Å²) < 4.78 is 25.2. The van der Waals surface area contributed by atoms with Gasteiger partial charge in [-0.15, -0.1) is 0 Å². The molecule has 1 aliphatic heterocycles. The Balaban J connectivity index is 1.56. The van der Waals surface area contributed by atoms with Gasteiger partial charge in [-0.25, -0.2) is 0 Å². The maximum atomic E-state index is 12.1. The fourth-order valence-electron chi connectivity index (χ4n) is 4.52. The lowest BCUT2D eigenvalue weighted by Crippen LogP contribution is -2.66. The van der Waals surface area contributed by atoms with E-state index >= 15 is 0 Å². The SMILES string of the molecule is CC(=O)N[C@@H]1[C@@H](OCc2ccccc2)[C@H](OCc2ccccc2)[C@@H](COCc2ccccc2)O[C@@H]1CO. The van der Waals surface area contributed by atoms with Gasteiger partial charge in [0, 0.05) is 6.92 Å². The molecule has 0 saturated carbocycles. The molecule has 0 bridgehead atoms. The van der Waals surface area contributed by atoms with Gasteiger partial charge < -0.3 is 29.4 Å². The number of amides is 1. The van der Waals surface area contributed by atoms with Crippen LogP contribution >= 0.6 is 0 Å². The molecular weight excluding hydrogens is 470 g/mol. The van der Waals surface area contributed by atoms with Crippen molar-refractivity contribution in [1.82, 2.24) is 5.32 Å². The average molecular weight is 506 g/mol. The van der Waals surface area contributed by atoms with E-state index in [0.29, 0.717) is 19.8 Å². The average Bonchev–Trinajstić information content (AvgIpc) is 2.93. The maximum absolute atomic E-state index is 12.1. The molecule has 7 heteroatoms. The van der Waals surface area contributed by atoms with Gasteiger partial charge >= 0.3 is 0 Å². The van der Waals surface area contributed by atoms with Crippen LogP contribution in [0.5, 0.6) is 0 Å². The lowest BCUT2D eigenvalue weighted by Gasteiger charge is -2.46. The first-order chi connectivity index (χ1) is 18.1. The van der Waals surface area contributed by atoms with Crippen LogP contribution in [0.4, 0.5) is 0 Å². The number of carbonyl (C=O) groups excluding carboxylic acids is 1. The third-order valence-electron chi connectivity index (χ3n) is 6.31. The Morgan fingerprint density at radius 2 is 1.24 bits per heavy atom. The van der Waals surface area contributed by atoms with E-state index in [0.717, 1.165) is 16.7 Å². The number of aliphatic hydroxyl groups excluding tert-OH is 1. The number of nitrogens with one attached hydrogen (secondary N) is 1. The van der Waals surface area contributed by atoms with Crippen LogP contribution in [0.3, 0.4) is 0 Å². The molecule has 0 aromatic heterocycles. The molecule has 4 rings (SSSR count). The number of hydrogen-bond donors (Lipinski definition) is 2. The summed E-state index contributed by atoms with van der Waals surface area (Å²) in [7, 11) is 0. The van der Waals surface area contributed by atoms with E-state index in [4.69, 9.17) is 18.9 Å². The topological polar surface area (TPSA) is 86.3 Å². The molecule has 5 atom stereocenters. The molecule has 0 aliphatic carbocycles. The van der Waals surface area contributed by atoms with E-state index in [1.165, 1.54) is 6.92 Å². The van der Waals surface area contributed by atoms with Gasteiger partial charge in [-0.2, -0.15) is 0 Å². The van der Waals surface area contributed by atoms with Crippen LogP contribution in [0.25, 0.3) is 0 Å². The molecule has 0 radical (unpaired) electrons. The summed E-state index contributed by atoms with van der Waals surface area (Å²) in [5.74, 6) is -0.235. The summed E-state index contributed by atoms with van der Waals surface area (Å²) in [6, 6.07) is 29.0. The third-order valence-corrected chi connectivity index (χ3v) is 6.31. The second-order valence-corrected chi connectivity index (χ2v) is 9.15. The summed E-state index contributed by atoms with van der Waals surface area (Å²) >= 11 is 0. The summed E-state index contributed by atoms with van der Waals surface area (Å²) in [6.45, 7) is 2.48. The zero-order valence-electron chi connectivity index (χ0n) is 21.1. The highest BCUT2D eigenvalue weighted by molar-refractivity contribution is 5.73. The van der Waals surface area contributed by atoms with Crippen molar-refractivity contribution >= 4 is 5.91 Å². The third kappa shape index (κ3) is 7.95. The van der Waals surface area contributed by atoms with Crippen LogP contribution < -0.4 is 5.32 Å². The molecule has 3 aromatic rings. The minimum absolute atomic E-state index is 0.235. The molecule has 1 aliphatic rings. The fourth-order valence-corrected chi connectivity index (χ4v) is 4.52. The minimum Gasteiger partial charge on any atom is -0.394 e. The van der Waals surface area contributed by atoms with Crippen LogP contribution in [0.1, 0.15) is 23.6 Å². The van der Waals surface area contributed by atoms with Gasteiger partial charge in [0.25, 0.3) is 0 Å². The molecule has 7 nitrogen and oxygen atoms in total. The smallest absolute Gasteiger partial charge is 0.217 e. The van der Waals surface area contributed by atoms with Crippen molar-refractivity contribution in [1.29, 1.82) is 0 Å². The number of rotatable bonds is 12. The molecule has 1 amide bonds. The molecule has 3 aromatic carbocycles. The number of hydrogen-bond acceptors (Lipinski definition) is 6. The summed E-state index contributed by atoms with van der Waals surface area (Å²) in [4.78, 5) is 12.1. The number of aliphatic hydroxyl groups is 1. The predicted octanol–water partition coefficient (Wildman–Crippen LogP) is 3.64. The van der Waals surface area contributed by atoms with E-state index in [1.807, 2.05) is 91.0 Å². The molecule has 37 heavy (non-hydrogen) atoms. The van der Waals surface area contributed by atoms with Gasteiger partial charge in [-0.1, -0.05) is 91.0 Å². The highest BCUT2D eigenvalue weighted by atomic mass is 16.6. The van der Waals surface area contributed by atoms with Gasteiger partial charge in [0.05, 0.1) is 39.1 Å². The van der Waals surface area contributed by atoms with Crippen molar-refractivity contribution in [2.24, 2.45) is 0 Å². The highest BCUT2D eigenvalue weighted by Gasteiger charge is 2.47. The molecule has 1 saturated heterocycles. The van der Waals surface area contributed by atoms with Crippen LogP contribution in [0.15, 0.2) is 91.0 Å². The summed E-state index contributed by atoms with van der Waals surface area (Å²) in [6.07, 6.45) is -2.33. The van der Waals surface area contributed by atoms with E-state index in [1.54, 1.807) is 0 Å². The monoisotopic (exact) mass is 505 g/mol. The Labute approximate surface area is 218 Å². The molecule has 2 N–H and O–H groups in total. The van der Waals surface area contributed by atoms with E-state index in [9.17, 15) is 9.90 Å². The second kappa shape index (κ2) is 14.0. The van der Waals surface area contributed by atoms with Crippen molar-refractivity contribution in [3.8, 4) is 0 Å². The molecular formula is C30H35NO6. The lowest BCUT2D eigenvalue weighted by atomic mass is 9.92. The quantitative estimate of drug-likeness (QED) is 0.391. The molecule has 0 unspecified atom stereocenters. The van der Waals surface area contributed by atoms with Gasteiger partial charge in [0.2, 0.25) is 5.91 Å². The standard InChI is InChI=1S/C30H35NO6/c1-22(33)31-28-26(17-32)37-27(21-34-18-23-11-5-2-6-12-23)29(35-19-24-13-7-3-8-14-24)30(28)36-20-25-15-9-4-10-16-25/h2-16,26-30,32H,17-21H2,1H3,(H,31,33)/t26-,27-,28+,29-,30-/m1/s1. The summed E-state index contributed by atoms with van der Waals surface area (Å²) in [5, 5.41) is 13.1. The Morgan fingerprint density at radius 3 is 1.73 bits per heavy atom. The normalized spacial score (nSPS) is 23.5. The Hall–Kier alpha value is -3.07. The first-order valence-corrected chi connectivity index (χ1v) is 12.6. The molecule has 1 fully saturated rings. The predicted molar refractivity (Wildman–Crippen MR) is 139 cm³/mol. The highest BCUT2D eigenvalue weighted by Crippen LogP contribution is 2.28. The number of benzene rings is 3. The number of ether oxygens (including phenoxy) is 4. The second-order valence-electron chi connectivity index (χ2n) is 9.15. The molecule has 0 spiro atoms. The van der Waals surface area contributed by atoms with E-state index < -0.39 is 30.5 Å². The van der Waals surface area contributed by atoms with E-state index in [2.05, 4.69) is 5.32 Å². The summed E-state index contributed by atoms with van der Waals surface area (Å²) in [5.41, 5.74) is 3.05. The zero-order chi connectivity index (χ0) is 25.9. The lowest BCUT2D eigenvalue weighted by molar-refractivity contribution is -0.237. The van der Waals surface area contributed by atoms with Gasteiger partial charge in [0.1, 0.15) is 24.4 Å². The Morgan fingerprint density at radius 1 is 0.757 bits per heavy atom. The van der Waals surface area contributed by atoms with Gasteiger partial charge in [-0.3, -0.25) is 4.79 Å². The number of carbonyl (C=O) groups is 1. The molecule has 1 heterocycles. The minimum atomic E-state index is -0.674. The van der Waals surface area contributed by atoms with Crippen LogP contribution in [0.2, 0.25) is 0 Å². The largest absolute Gasteiger partial charge is 0.394 e. The van der Waals surface area contributed by atoms with Gasteiger partial charge in [0.15, 0.2) is 0 Å². The van der Waals surface area contributed by atoms with Crippen LogP contribution in [0, 0.1) is 0 Å². The van der Waals surface area contributed by atoms with Crippen molar-refractivity contribution < 1.29 is 28.8 Å². The van der Waals surface area contributed by atoms with Crippen molar-refractivity contribution in [2.45, 2.75) is 57.2 Å². The first-order valence-electron chi connectivity index (χ1n) is 12.6. The van der Waals surface area contributed by atoms with E-state index in [-0.39, 0.29) is 19.1 Å². The van der Waals surface area contributed by atoms with Crippen molar-refractivity contribution in [2.75, 3.05) is 13.2 Å². The Bertz CT molecular complexity index is 1070. The maximum Gasteiger partial charge on any atom is 0.217 e. The fraction of sp³-hybridized carbons (Fsp3) is 0.367.